The molecule has 0 fully saturated rings. The monoisotopic (exact) mass is 468 g/mol. The zero-order valence-electron chi connectivity index (χ0n) is 18.2. The minimum atomic E-state index is -0.0103. The minimum absolute atomic E-state index is 0.0103. The van der Waals surface area contributed by atoms with Crippen LogP contribution in [-0.2, 0) is 37.3 Å². The van der Waals surface area contributed by atoms with E-state index in [-0.39, 0.29) is 12.7 Å². The Morgan fingerprint density at radius 1 is 1.15 bits per heavy atom. The standard InChI is InChI=1S/C23H25ClN6O3/c24-18-11-20-19(32-15-33-20)10-17(18)14-29-7-5-21-27-28-22(30(21)9-8-29)13-26-23(31)4-3-16-2-1-6-25-12-16/h1-2,6,10-12H,3-5,7-9,13-15H2,(H,26,31). The zero-order valence-corrected chi connectivity index (χ0v) is 18.9. The quantitative estimate of drug-likeness (QED) is 0.568. The summed E-state index contributed by atoms with van der Waals surface area (Å²) in [6, 6.07) is 7.63. The molecule has 2 aliphatic rings. The molecule has 3 aromatic rings. The maximum absolute atomic E-state index is 12.3. The number of ether oxygens (including phenoxy) is 2. The number of aromatic nitrogens is 4. The highest BCUT2D eigenvalue weighted by molar-refractivity contribution is 6.31. The summed E-state index contributed by atoms with van der Waals surface area (Å²) in [6.45, 7) is 3.75. The molecule has 1 N–H and O–H groups in total. The Kier molecular flexibility index (Phi) is 6.41. The Labute approximate surface area is 196 Å². The molecule has 0 atom stereocenters. The maximum Gasteiger partial charge on any atom is 0.231 e. The summed E-state index contributed by atoms with van der Waals surface area (Å²) in [6.07, 6.45) is 5.37. The summed E-state index contributed by atoms with van der Waals surface area (Å²) in [5.74, 6) is 3.14. The van der Waals surface area contributed by atoms with Crippen LogP contribution in [0.1, 0.15) is 29.2 Å². The lowest BCUT2D eigenvalue weighted by Crippen LogP contribution is -2.28. The fourth-order valence-electron chi connectivity index (χ4n) is 4.11. The maximum atomic E-state index is 12.3. The van der Waals surface area contributed by atoms with Gasteiger partial charge in [-0.2, -0.15) is 0 Å². The number of nitrogens with zero attached hydrogens (tertiary/aromatic N) is 5. The number of aryl methyl sites for hydroxylation is 1. The zero-order chi connectivity index (χ0) is 22.6. The Bertz CT molecular complexity index is 1140. The van der Waals surface area contributed by atoms with Gasteiger partial charge in [0.25, 0.3) is 0 Å². The Hall–Kier alpha value is -3.17. The smallest absolute Gasteiger partial charge is 0.231 e. The number of carbonyl (C=O) groups is 1. The van der Waals surface area contributed by atoms with Gasteiger partial charge in [-0.1, -0.05) is 17.7 Å². The van der Waals surface area contributed by atoms with Gasteiger partial charge in [-0.15, -0.1) is 10.2 Å². The number of fused-ring (bicyclic) bond motifs is 2. The first-order valence-electron chi connectivity index (χ1n) is 11.0. The lowest BCUT2D eigenvalue weighted by Gasteiger charge is -2.20. The molecule has 1 amide bonds. The number of amides is 1. The van der Waals surface area contributed by atoms with Crippen LogP contribution in [0.25, 0.3) is 0 Å². The van der Waals surface area contributed by atoms with Crippen molar-refractivity contribution in [2.45, 2.75) is 38.9 Å². The number of rotatable bonds is 7. The second-order valence-corrected chi connectivity index (χ2v) is 8.55. The molecule has 4 heterocycles. The molecule has 0 radical (unpaired) electrons. The lowest BCUT2D eigenvalue weighted by atomic mass is 10.1. The molecule has 9 nitrogen and oxygen atoms in total. The third-order valence-electron chi connectivity index (χ3n) is 5.94. The van der Waals surface area contributed by atoms with Crippen molar-refractivity contribution in [1.82, 2.24) is 30.0 Å². The average molecular weight is 469 g/mol. The minimum Gasteiger partial charge on any atom is -0.454 e. The lowest BCUT2D eigenvalue weighted by molar-refractivity contribution is -0.121. The first-order chi connectivity index (χ1) is 16.2. The molecule has 10 heteroatoms. The first kappa shape index (κ1) is 21.7. The van der Waals surface area contributed by atoms with Crippen molar-refractivity contribution in [3.8, 4) is 11.5 Å². The van der Waals surface area contributed by atoms with Gasteiger partial charge in [0.1, 0.15) is 5.82 Å². The SMILES string of the molecule is O=C(CCc1cccnc1)NCc1nnc2n1CCN(Cc1cc3c(cc1Cl)OCO3)CC2. The van der Waals surface area contributed by atoms with E-state index in [9.17, 15) is 4.79 Å². The number of hydrogen-bond acceptors (Lipinski definition) is 7. The average Bonchev–Trinajstić information content (AvgIpc) is 3.39. The summed E-state index contributed by atoms with van der Waals surface area (Å²) >= 11 is 6.46. The number of benzene rings is 1. The van der Waals surface area contributed by atoms with E-state index in [1.54, 1.807) is 12.4 Å². The van der Waals surface area contributed by atoms with Gasteiger partial charge in [-0.25, -0.2) is 0 Å². The molecule has 0 saturated heterocycles. The van der Waals surface area contributed by atoms with Crippen LogP contribution in [0, 0.1) is 0 Å². The summed E-state index contributed by atoms with van der Waals surface area (Å²) in [5, 5.41) is 12.3. The van der Waals surface area contributed by atoms with Gasteiger partial charge < -0.3 is 19.4 Å². The van der Waals surface area contributed by atoms with Crippen LogP contribution in [0.3, 0.4) is 0 Å². The first-order valence-corrected chi connectivity index (χ1v) is 11.4. The normalized spacial score (nSPS) is 15.2. The van der Waals surface area contributed by atoms with Crippen molar-refractivity contribution in [2.75, 3.05) is 19.9 Å². The third kappa shape index (κ3) is 5.09. The van der Waals surface area contributed by atoms with Crippen molar-refractivity contribution in [1.29, 1.82) is 0 Å². The van der Waals surface area contributed by atoms with Crippen LogP contribution < -0.4 is 14.8 Å². The molecule has 0 aliphatic carbocycles. The molecule has 2 aliphatic heterocycles. The summed E-state index contributed by atoms with van der Waals surface area (Å²) in [7, 11) is 0. The van der Waals surface area contributed by atoms with Gasteiger partial charge in [-0.05, 0) is 29.7 Å². The molecular weight excluding hydrogens is 444 g/mol. The molecule has 0 unspecified atom stereocenters. The van der Waals surface area contributed by atoms with Crippen molar-refractivity contribution in [3.05, 3.63) is 64.5 Å². The summed E-state index contributed by atoms with van der Waals surface area (Å²) < 4.78 is 13.0. The predicted octanol–water partition coefficient (Wildman–Crippen LogP) is 2.36. The van der Waals surface area contributed by atoms with E-state index < -0.39 is 0 Å². The van der Waals surface area contributed by atoms with Gasteiger partial charge in [0.15, 0.2) is 17.3 Å². The summed E-state index contributed by atoms with van der Waals surface area (Å²) in [5.41, 5.74) is 2.06. The predicted molar refractivity (Wildman–Crippen MR) is 121 cm³/mol. The molecule has 1 aromatic carbocycles. The second-order valence-electron chi connectivity index (χ2n) is 8.15. The van der Waals surface area contributed by atoms with E-state index in [1.807, 2.05) is 24.3 Å². The van der Waals surface area contributed by atoms with Crippen LogP contribution in [0.5, 0.6) is 11.5 Å². The second kappa shape index (κ2) is 9.76. The number of nitrogens with one attached hydrogen (secondary N) is 1. The van der Waals surface area contributed by atoms with E-state index in [2.05, 4.69) is 30.0 Å². The van der Waals surface area contributed by atoms with E-state index in [1.165, 1.54) is 0 Å². The van der Waals surface area contributed by atoms with E-state index in [0.717, 1.165) is 54.6 Å². The molecule has 33 heavy (non-hydrogen) atoms. The van der Waals surface area contributed by atoms with E-state index in [0.29, 0.717) is 36.7 Å². The molecule has 5 rings (SSSR count). The van der Waals surface area contributed by atoms with Crippen LogP contribution in [0.2, 0.25) is 5.02 Å². The number of halogens is 1. The molecule has 0 saturated carbocycles. The number of pyridine rings is 1. The van der Waals surface area contributed by atoms with Crippen molar-refractivity contribution in [3.63, 3.8) is 0 Å². The molecule has 172 valence electrons. The van der Waals surface area contributed by atoms with Gasteiger partial charge in [-0.3, -0.25) is 14.7 Å². The van der Waals surface area contributed by atoms with Gasteiger partial charge in [0.05, 0.1) is 6.54 Å². The fraction of sp³-hybridized carbons (Fsp3) is 0.391. The Morgan fingerprint density at radius 3 is 2.88 bits per heavy atom. The number of hydrogen-bond donors (Lipinski definition) is 1. The Balaban J connectivity index is 1.15. The van der Waals surface area contributed by atoms with Gasteiger partial charge in [0.2, 0.25) is 12.7 Å². The molecule has 2 aromatic heterocycles. The van der Waals surface area contributed by atoms with Crippen LogP contribution >= 0.6 is 11.6 Å². The van der Waals surface area contributed by atoms with Crippen molar-refractivity contribution >= 4 is 17.5 Å². The third-order valence-corrected chi connectivity index (χ3v) is 6.29. The van der Waals surface area contributed by atoms with Crippen LogP contribution in [-0.4, -0.2) is 50.4 Å². The van der Waals surface area contributed by atoms with Gasteiger partial charge in [0, 0.05) is 62.5 Å². The summed E-state index contributed by atoms with van der Waals surface area (Å²) in [4.78, 5) is 18.7. The topological polar surface area (TPSA) is 94.4 Å². The van der Waals surface area contributed by atoms with E-state index >= 15 is 0 Å². The van der Waals surface area contributed by atoms with Crippen LogP contribution in [0.15, 0.2) is 36.7 Å². The number of carbonyl (C=O) groups excluding carboxylic acids is 1. The largest absolute Gasteiger partial charge is 0.454 e. The molecular formula is C23H25ClN6O3. The van der Waals surface area contributed by atoms with Crippen molar-refractivity contribution in [2.24, 2.45) is 0 Å². The highest BCUT2D eigenvalue weighted by Crippen LogP contribution is 2.37. The highest BCUT2D eigenvalue weighted by Gasteiger charge is 2.22. The van der Waals surface area contributed by atoms with Gasteiger partial charge >= 0.3 is 0 Å². The Morgan fingerprint density at radius 2 is 2.03 bits per heavy atom. The van der Waals surface area contributed by atoms with Crippen LogP contribution in [0.4, 0.5) is 0 Å². The molecule has 0 spiro atoms. The van der Waals surface area contributed by atoms with E-state index in [4.69, 9.17) is 21.1 Å². The van der Waals surface area contributed by atoms with Crippen molar-refractivity contribution < 1.29 is 14.3 Å². The fourth-order valence-corrected chi connectivity index (χ4v) is 4.32. The molecule has 0 bridgehead atoms. The highest BCUT2D eigenvalue weighted by atomic mass is 35.5.